The molecule has 27 heavy (non-hydrogen) atoms. The molecular weight excluding hydrogens is 389 g/mol. The number of aryl methyl sites for hydroxylation is 2. The minimum absolute atomic E-state index is 0.281. The zero-order valence-electron chi connectivity index (χ0n) is 15.5. The molecule has 0 spiro atoms. The first kappa shape index (κ1) is 21.1. The van der Waals surface area contributed by atoms with Crippen LogP contribution in [0.4, 0.5) is 5.69 Å². The molecule has 0 heterocycles. The van der Waals surface area contributed by atoms with E-state index in [0.29, 0.717) is 16.5 Å². The Kier molecular flexibility index (Phi) is 7.11. The number of benzene rings is 2. The number of rotatable bonds is 6. The third-order valence-electron chi connectivity index (χ3n) is 3.92. The number of hydrogen-bond acceptors (Lipinski definition) is 4. The van der Waals surface area contributed by atoms with Crippen LogP contribution in [-0.4, -0.2) is 24.1 Å². The van der Waals surface area contributed by atoms with Crippen molar-refractivity contribution in [2.75, 3.05) is 5.32 Å². The van der Waals surface area contributed by atoms with E-state index in [-0.39, 0.29) is 5.02 Å². The van der Waals surface area contributed by atoms with Crippen LogP contribution in [0.25, 0.3) is 0 Å². The molecule has 2 aromatic rings. The predicted octanol–water partition coefficient (Wildman–Crippen LogP) is 4.95. The van der Waals surface area contributed by atoms with Gasteiger partial charge in [-0.15, -0.1) is 0 Å². The van der Waals surface area contributed by atoms with Crippen molar-refractivity contribution in [2.45, 2.75) is 39.9 Å². The Balaban J connectivity index is 1.96. The molecule has 2 rings (SSSR count). The lowest BCUT2D eigenvalue weighted by Crippen LogP contribution is -2.35. The average molecular weight is 410 g/mol. The number of para-hydroxylation sites is 1. The SMILES string of the molecule is Cc1cccc(C)c1NC(=O)[C@H](C)OC(=O)[C@H](C)Oc1ccc(Cl)cc1Cl. The van der Waals surface area contributed by atoms with E-state index in [1.807, 2.05) is 32.0 Å². The van der Waals surface area contributed by atoms with Crippen LogP contribution in [0.3, 0.4) is 0 Å². The van der Waals surface area contributed by atoms with Crippen LogP contribution < -0.4 is 10.1 Å². The molecule has 0 aliphatic rings. The molecule has 0 aromatic heterocycles. The lowest BCUT2D eigenvalue weighted by molar-refractivity contribution is -0.159. The van der Waals surface area contributed by atoms with E-state index in [9.17, 15) is 9.59 Å². The van der Waals surface area contributed by atoms with Crippen LogP contribution in [0.2, 0.25) is 10.0 Å². The van der Waals surface area contributed by atoms with Crippen molar-refractivity contribution in [2.24, 2.45) is 0 Å². The van der Waals surface area contributed by atoms with Crippen molar-refractivity contribution in [1.82, 2.24) is 0 Å². The summed E-state index contributed by atoms with van der Waals surface area (Å²) in [6.07, 6.45) is -1.93. The molecule has 1 amide bonds. The van der Waals surface area contributed by atoms with Gasteiger partial charge in [0.25, 0.3) is 5.91 Å². The smallest absolute Gasteiger partial charge is 0.347 e. The van der Waals surface area contributed by atoms with Gasteiger partial charge in [-0.05, 0) is 57.0 Å². The minimum atomic E-state index is -0.983. The Morgan fingerprint density at radius 2 is 1.63 bits per heavy atom. The molecule has 0 aliphatic heterocycles. The van der Waals surface area contributed by atoms with Crippen molar-refractivity contribution < 1.29 is 19.1 Å². The number of hydrogen-bond donors (Lipinski definition) is 1. The number of carbonyl (C=O) groups is 2. The van der Waals surface area contributed by atoms with Crippen LogP contribution in [0.1, 0.15) is 25.0 Å². The second-order valence-corrected chi connectivity index (χ2v) is 7.01. The number of carbonyl (C=O) groups excluding carboxylic acids is 2. The number of amides is 1. The summed E-state index contributed by atoms with van der Waals surface area (Å²) in [6, 6.07) is 10.4. The van der Waals surface area contributed by atoms with Gasteiger partial charge >= 0.3 is 5.97 Å². The van der Waals surface area contributed by atoms with E-state index in [4.69, 9.17) is 32.7 Å². The Morgan fingerprint density at radius 3 is 2.22 bits per heavy atom. The summed E-state index contributed by atoms with van der Waals surface area (Å²) in [7, 11) is 0. The van der Waals surface area contributed by atoms with Gasteiger partial charge in [-0.1, -0.05) is 41.4 Å². The zero-order valence-corrected chi connectivity index (χ0v) is 17.0. The molecule has 0 fully saturated rings. The van der Waals surface area contributed by atoms with Crippen molar-refractivity contribution in [1.29, 1.82) is 0 Å². The molecule has 0 saturated carbocycles. The molecule has 0 aliphatic carbocycles. The van der Waals surface area contributed by atoms with Crippen LogP contribution >= 0.6 is 23.2 Å². The second-order valence-electron chi connectivity index (χ2n) is 6.17. The van der Waals surface area contributed by atoms with Gasteiger partial charge in [-0.2, -0.15) is 0 Å². The maximum atomic E-state index is 12.4. The Hall–Kier alpha value is -2.24. The monoisotopic (exact) mass is 409 g/mol. The Bertz CT molecular complexity index is 834. The number of ether oxygens (including phenoxy) is 2. The van der Waals surface area contributed by atoms with Crippen molar-refractivity contribution in [3.05, 3.63) is 57.6 Å². The molecule has 1 N–H and O–H groups in total. The van der Waals surface area contributed by atoms with Gasteiger partial charge in [0.2, 0.25) is 0 Å². The van der Waals surface area contributed by atoms with Crippen LogP contribution in [-0.2, 0) is 14.3 Å². The van der Waals surface area contributed by atoms with E-state index in [0.717, 1.165) is 11.1 Å². The molecule has 0 radical (unpaired) electrons. The zero-order chi connectivity index (χ0) is 20.1. The summed E-state index contributed by atoms with van der Waals surface area (Å²) < 4.78 is 10.7. The van der Waals surface area contributed by atoms with E-state index >= 15 is 0 Å². The lowest BCUT2D eigenvalue weighted by atomic mass is 10.1. The van der Waals surface area contributed by atoms with Gasteiger partial charge in [0.05, 0.1) is 5.02 Å². The molecule has 0 bridgehead atoms. The fourth-order valence-corrected chi connectivity index (χ4v) is 2.82. The van der Waals surface area contributed by atoms with Gasteiger partial charge in [0, 0.05) is 10.7 Å². The normalized spacial score (nSPS) is 12.8. The molecule has 5 nitrogen and oxygen atoms in total. The third kappa shape index (κ3) is 5.62. The van der Waals surface area contributed by atoms with Crippen molar-refractivity contribution >= 4 is 40.8 Å². The van der Waals surface area contributed by atoms with Gasteiger partial charge in [0.1, 0.15) is 5.75 Å². The quantitative estimate of drug-likeness (QED) is 0.685. The van der Waals surface area contributed by atoms with Gasteiger partial charge in [0.15, 0.2) is 12.2 Å². The summed E-state index contributed by atoms with van der Waals surface area (Å²) in [4.78, 5) is 24.6. The average Bonchev–Trinajstić information content (AvgIpc) is 2.60. The van der Waals surface area contributed by atoms with Crippen LogP contribution in [0, 0.1) is 13.8 Å². The maximum absolute atomic E-state index is 12.4. The van der Waals surface area contributed by atoms with E-state index < -0.39 is 24.1 Å². The first-order valence-electron chi connectivity index (χ1n) is 8.38. The third-order valence-corrected chi connectivity index (χ3v) is 4.45. The highest BCUT2D eigenvalue weighted by atomic mass is 35.5. The molecule has 7 heteroatoms. The molecular formula is C20H21Cl2NO4. The largest absolute Gasteiger partial charge is 0.477 e. The fraction of sp³-hybridized carbons (Fsp3) is 0.300. The Morgan fingerprint density at radius 1 is 1.00 bits per heavy atom. The number of esters is 1. The van der Waals surface area contributed by atoms with E-state index in [2.05, 4.69) is 5.32 Å². The van der Waals surface area contributed by atoms with Crippen LogP contribution in [0.15, 0.2) is 36.4 Å². The number of nitrogens with one attached hydrogen (secondary N) is 1. The summed E-state index contributed by atoms with van der Waals surface area (Å²) >= 11 is 11.9. The maximum Gasteiger partial charge on any atom is 0.347 e. The topological polar surface area (TPSA) is 64.6 Å². The standard InChI is InChI=1S/C20H21Cl2NO4/c1-11-6-5-7-12(2)18(11)23-19(24)13(3)27-20(25)14(4)26-17-9-8-15(21)10-16(17)22/h5-10,13-14H,1-4H3,(H,23,24)/t13-,14-/m0/s1. The minimum Gasteiger partial charge on any atom is -0.477 e. The molecule has 144 valence electrons. The second kappa shape index (κ2) is 9.11. The fourth-order valence-electron chi connectivity index (χ4n) is 2.37. The first-order valence-corrected chi connectivity index (χ1v) is 9.14. The molecule has 0 unspecified atom stereocenters. The predicted molar refractivity (Wildman–Crippen MR) is 107 cm³/mol. The molecule has 2 atom stereocenters. The highest BCUT2D eigenvalue weighted by molar-refractivity contribution is 6.35. The van der Waals surface area contributed by atoms with Gasteiger partial charge in [-0.3, -0.25) is 4.79 Å². The Labute approximate surface area is 168 Å². The number of halogens is 2. The summed E-state index contributed by atoms with van der Waals surface area (Å²) in [5, 5.41) is 3.53. The summed E-state index contributed by atoms with van der Waals surface area (Å²) in [5.41, 5.74) is 2.56. The molecule has 2 aromatic carbocycles. The molecule has 0 saturated heterocycles. The van der Waals surface area contributed by atoms with Crippen molar-refractivity contribution in [3.8, 4) is 5.75 Å². The highest BCUT2D eigenvalue weighted by Gasteiger charge is 2.24. The summed E-state index contributed by atoms with van der Waals surface area (Å²) in [5.74, 6) is -0.791. The van der Waals surface area contributed by atoms with Gasteiger partial charge < -0.3 is 14.8 Å². The van der Waals surface area contributed by atoms with E-state index in [1.54, 1.807) is 12.1 Å². The van der Waals surface area contributed by atoms with Crippen molar-refractivity contribution in [3.63, 3.8) is 0 Å². The highest BCUT2D eigenvalue weighted by Crippen LogP contribution is 2.28. The van der Waals surface area contributed by atoms with E-state index in [1.165, 1.54) is 19.9 Å². The number of anilines is 1. The van der Waals surface area contributed by atoms with Crippen LogP contribution in [0.5, 0.6) is 5.75 Å². The lowest BCUT2D eigenvalue weighted by Gasteiger charge is -2.19. The van der Waals surface area contributed by atoms with Gasteiger partial charge in [-0.25, -0.2) is 4.79 Å². The first-order chi connectivity index (χ1) is 12.7. The summed E-state index contributed by atoms with van der Waals surface area (Å²) in [6.45, 7) is 6.81.